The number of ether oxygens (including phenoxy) is 2. The van der Waals surface area contributed by atoms with Crippen LogP contribution < -0.4 is 9.64 Å². The topological polar surface area (TPSA) is 103 Å². The molecule has 8 heteroatoms. The highest BCUT2D eigenvalue weighted by atomic mass is 16.5. The molecule has 6 rings (SSSR count). The number of imide groups is 1. The molecule has 2 aliphatic rings. The molecule has 0 spiro atoms. The molecule has 218 valence electrons. The molecule has 0 N–H and O–H groups in total. The number of carbonyl (C=O) groups excluding carboxylic acids is 4. The summed E-state index contributed by atoms with van der Waals surface area (Å²) in [6, 6.07) is 22.6. The lowest BCUT2D eigenvalue weighted by atomic mass is 9.76. The van der Waals surface area contributed by atoms with E-state index in [1.165, 1.54) is 4.90 Å². The third-order valence-electron chi connectivity index (χ3n) is 8.57. The maximum Gasteiger partial charge on any atom is 0.339 e. The molecule has 2 heterocycles. The molecule has 8 nitrogen and oxygen atoms in total. The van der Waals surface area contributed by atoms with Crippen LogP contribution in [-0.2, 0) is 14.3 Å². The van der Waals surface area contributed by atoms with Crippen LogP contribution in [0.15, 0.2) is 78.9 Å². The second-order valence-electron chi connectivity index (χ2n) is 11.4. The van der Waals surface area contributed by atoms with Gasteiger partial charge in [0.2, 0.25) is 17.6 Å². The van der Waals surface area contributed by atoms with E-state index < -0.39 is 12.1 Å². The zero-order valence-electron chi connectivity index (χ0n) is 24.3. The van der Waals surface area contributed by atoms with Crippen molar-refractivity contribution in [3.8, 4) is 17.0 Å². The van der Waals surface area contributed by atoms with Crippen molar-refractivity contribution < 1.29 is 28.7 Å². The van der Waals surface area contributed by atoms with Crippen molar-refractivity contribution in [1.29, 1.82) is 0 Å². The molecule has 0 unspecified atom stereocenters. The van der Waals surface area contributed by atoms with Gasteiger partial charge in [0.25, 0.3) is 0 Å². The van der Waals surface area contributed by atoms with Gasteiger partial charge in [-0.3, -0.25) is 19.3 Å². The zero-order chi connectivity index (χ0) is 30.2. The lowest BCUT2D eigenvalue weighted by Gasteiger charge is -2.25. The number of ketones is 1. The zero-order valence-corrected chi connectivity index (χ0v) is 24.3. The van der Waals surface area contributed by atoms with Crippen LogP contribution in [0, 0.1) is 17.8 Å². The summed E-state index contributed by atoms with van der Waals surface area (Å²) in [5, 5.41) is 0.599. The number of fused-ring (bicyclic) bond motifs is 2. The molecule has 2 amide bonds. The Morgan fingerprint density at radius 1 is 0.907 bits per heavy atom. The SMILES string of the molecule is COc1ccc(C(=O)[C@H](C)OC(=O)c2cc(-c3ccc(N4C(=O)[C@H]5CC[C@@H](C)C[C@H]5C4=O)cc3)nc3ccccc23)cc1. The summed E-state index contributed by atoms with van der Waals surface area (Å²) in [5.74, 6) is -0.645. The molecule has 4 aromatic rings. The number of anilines is 1. The molecule has 43 heavy (non-hydrogen) atoms. The summed E-state index contributed by atoms with van der Waals surface area (Å²) in [7, 11) is 1.55. The van der Waals surface area contributed by atoms with Crippen LogP contribution in [0.4, 0.5) is 5.69 Å². The number of pyridine rings is 1. The number of nitrogens with zero attached hydrogens (tertiary/aromatic N) is 2. The minimum absolute atomic E-state index is 0.123. The van der Waals surface area contributed by atoms with Gasteiger partial charge in [-0.25, -0.2) is 9.78 Å². The predicted molar refractivity (Wildman–Crippen MR) is 162 cm³/mol. The molecule has 2 fully saturated rings. The van der Waals surface area contributed by atoms with Crippen molar-refractivity contribution in [3.05, 3.63) is 90.0 Å². The number of benzene rings is 3. The molecule has 1 aromatic heterocycles. The number of esters is 1. The van der Waals surface area contributed by atoms with Crippen molar-refractivity contribution in [2.45, 2.75) is 39.2 Å². The van der Waals surface area contributed by atoms with Gasteiger partial charge in [-0.1, -0.05) is 37.3 Å². The van der Waals surface area contributed by atoms with E-state index in [1.54, 1.807) is 80.8 Å². The number of aromatic nitrogens is 1. The Kier molecular flexibility index (Phi) is 7.52. The molecule has 0 radical (unpaired) electrons. The Bertz CT molecular complexity index is 1730. The fourth-order valence-corrected chi connectivity index (χ4v) is 6.19. The highest BCUT2D eigenvalue weighted by molar-refractivity contribution is 6.22. The quantitative estimate of drug-likeness (QED) is 0.145. The van der Waals surface area contributed by atoms with Crippen molar-refractivity contribution in [1.82, 2.24) is 4.98 Å². The highest BCUT2D eigenvalue weighted by Gasteiger charge is 2.49. The average molecular weight is 577 g/mol. The van der Waals surface area contributed by atoms with Crippen LogP contribution in [0.1, 0.15) is 53.8 Å². The second kappa shape index (κ2) is 11.4. The van der Waals surface area contributed by atoms with Crippen LogP contribution in [-0.4, -0.2) is 41.8 Å². The van der Waals surface area contributed by atoms with Crippen molar-refractivity contribution >= 4 is 40.2 Å². The molecule has 4 atom stereocenters. The molecular weight excluding hydrogens is 544 g/mol. The number of amides is 2. The maximum absolute atomic E-state index is 13.4. The van der Waals surface area contributed by atoms with Crippen LogP contribution in [0.3, 0.4) is 0 Å². The van der Waals surface area contributed by atoms with Crippen molar-refractivity contribution in [3.63, 3.8) is 0 Å². The number of Topliss-reactive ketones (excluding diaryl/α,β-unsaturated/α-hetero) is 1. The lowest BCUT2D eigenvalue weighted by molar-refractivity contribution is -0.122. The standard InChI is InChI=1S/C35H32N2O6/c1-20-8-17-27-28(18-20)34(40)37(33(27)39)24-13-9-22(10-14-24)31-19-29(26-6-4-5-7-30(26)36-31)35(41)43-21(2)32(38)23-11-15-25(42-3)16-12-23/h4-7,9-16,19-21,27-28H,8,17-18H2,1-3H3/t20-,21+,27+,28-/m1/s1. The summed E-state index contributed by atoms with van der Waals surface area (Å²) in [5.41, 5.74) is 3.04. The Balaban J connectivity index is 1.26. The molecule has 0 bridgehead atoms. The van der Waals surface area contributed by atoms with E-state index in [9.17, 15) is 19.2 Å². The monoisotopic (exact) mass is 576 g/mol. The minimum atomic E-state index is -1.02. The number of hydrogen-bond donors (Lipinski definition) is 0. The first-order chi connectivity index (χ1) is 20.7. The predicted octanol–water partition coefficient (Wildman–Crippen LogP) is 6.26. The van der Waals surface area contributed by atoms with Gasteiger partial charge >= 0.3 is 5.97 Å². The van der Waals surface area contributed by atoms with Crippen LogP contribution in [0.2, 0.25) is 0 Å². The summed E-state index contributed by atoms with van der Waals surface area (Å²) >= 11 is 0. The van der Waals surface area contributed by atoms with Gasteiger partial charge in [-0.2, -0.15) is 0 Å². The first-order valence-electron chi connectivity index (χ1n) is 14.5. The lowest BCUT2D eigenvalue weighted by Crippen LogP contribution is -2.30. The van der Waals surface area contributed by atoms with E-state index in [1.807, 2.05) is 12.1 Å². The molecule has 1 saturated heterocycles. The Morgan fingerprint density at radius 2 is 1.60 bits per heavy atom. The fraction of sp³-hybridized carbons (Fsp3) is 0.286. The third kappa shape index (κ3) is 5.29. The van der Waals surface area contributed by atoms with Gasteiger partial charge < -0.3 is 9.47 Å². The normalized spacial score (nSPS) is 20.5. The van der Waals surface area contributed by atoms with Gasteiger partial charge in [0.1, 0.15) is 5.75 Å². The first kappa shape index (κ1) is 28.3. The second-order valence-corrected chi connectivity index (χ2v) is 11.4. The largest absolute Gasteiger partial charge is 0.497 e. The number of hydrogen-bond acceptors (Lipinski definition) is 7. The van der Waals surface area contributed by atoms with Crippen molar-refractivity contribution in [2.75, 3.05) is 12.0 Å². The van der Waals surface area contributed by atoms with Crippen molar-refractivity contribution in [2.24, 2.45) is 17.8 Å². The molecule has 3 aromatic carbocycles. The van der Waals surface area contributed by atoms with Crippen LogP contribution >= 0.6 is 0 Å². The molecular formula is C35H32N2O6. The molecule has 1 aliphatic carbocycles. The summed E-state index contributed by atoms with van der Waals surface area (Å²) in [4.78, 5) is 58.8. The van der Waals surface area contributed by atoms with Gasteiger partial charge in [-0.05, 0) is 80.6 Å². The smallest absolute Gasteiger partial charge is 0.339 e. The third-order valence-corrected chi connectivity index (χ3v) is 8.57. The number of carbonyl (C=O) groups is 4. The molecule has 1 saturated carbocycles. The van der Waals surface area contributed by atoms with E-state index in [0.29, 0.717) is 45.1 Å². The first-order valence-corrected chi connectivity index (χ1v) is 14.5. The Hall–Kier alpha value is -4.85. The van der Waals surface area contributed by atoms with E-state index in [-0.39, 0.29) is 35.0 Å². The van der Waals surface area contributed by atoms with Gasteiger partial charge in [-0.15, -0.1) is 0 Å². The number of methoxy groups -OCH3 is 1. The minimum Gasteiger partial charge on any atom is -0.497 e. The van der Waals surface area contributed by atoms with E-state index in [2.05, 4.69) is 6.92 Å². The van der Waals surface area contributed by atoms with E-state index in [4.69, 9.17) is 14.5 Å². The van der Waals surface area contributed by atoms with Crippen LogP contribution in [0.5, 0.6) is 5.75 Å². The van der Waals surface area contributed by atoms with E-state index in [0.717, 1.165) is 19.3 Å². The number of rotatable bonds is 7. The summed E-state index contributed by atoms with van der Waals surface area (Å²) in [6.07, 6.45) is 1.43. The summed E-state index contributed by atoms with van der Waals surface area (Å²) < 4.78 is 10.8. The van der Waals surface area contributed by atoms with Gasteiger partial charge in [0.05, 0.1) is 41.4 Å². The van der Waals surface area contributed by atoms with Crippen LogP contribution in [0.25, 0.3) is 22.2 Å². The maximum atomic E-state index is 13.4. The Morgan fingerprint density at radius 3 is 2.33 bits per heavy atom. The molecule has 1 aliphatic heterocycles. The Labute approximate surface area is 249 Å². The van der Waals surface area contributed by atoms with Gasteiger partial charge in [0.15, 0.2) is 6.10 Å². The fourth-order valence-electron chi connectivity index (χ4n) is 6.19. The van der Waals surface area contributed by atoms with Gasteiger partial charge in [0, 0.05) is 16.5 Å². The van der Waals surface area contributed by atoms with E-state index >= 15 is 0 Å². The number of para-hydroxylation sites is 1. The highest BCUT2D eigenvalue weighted by Crippen LogP contribution is 2.42. The summed E-state index contributed by atoms with van der Waals surface area (Å²) in [6.45, 7) is 3.68. The average Bonchev–Trinajstić information content (AvgIpc) is 3.28.